The highest BCUT2D eigenvalue weighted by molar-refractivity contribution is 5.98. The van der Waals surface area contributed by atoms with Crippen molar-refractivity contribution in [3.05, 3.63) is 35.6 Å². The van der Waals surface area contributed by atoms with Gasteiger partial charge in [0.05, 0.1) is 6.54 Å². The second-order valence-corrected chi connectivity index (χ2v) is 5.15. The Balaban J connectivity index is 1.70. The number of Topliss-reactive ketones (excluding diaryl/α,β-unsaturated/α-hetero) is 1. The van der Waals surface area contributed by atoms with E-state index in [-0.39, 0.29) is 5.78 Å². The number of carbonyl (C=O) groups is 1. The highest BCUT2D eigenvalue weighted by atomic mass is 16.3. The molecule has 1 N–H and O–H groups in total. The van der Waals surface area contributed by atoms with Crippen molar-refractivity contribution >= 4 is 16.8 Å². The van der Waals surface area contributed by atoms with Crippen molar-refractivity contribution in [2.24, 2.45) is 5.92 Å². The van der Waals surface area contributed by atoms with Crippen molar-refractivity contribution in [3.63, 3.8) is 0 Å². The fourth-order valence-corrected chi connectivity index (χ4v) is 2.10. The Bertz CT molecular complexity index is 581. The molecule has 0 saturated heterocycles. The van der Waals surface area contributed by atoms with Crippen LogP contribution in [-0.2, 0) is 0 Å². The number of hydrogen-bond acceptors (Lipinski definition) is 3. The predicted octanol–water partition coefficient (Wildman–Crippen LogP) is 2.92. The number of hydrogen-bond donors (Lipinski definition) is 1. The molecule has 3 rings (SSSR count). The molecule has 94 valence electrons. The Morgan fingerprint density at radius 3 is 3.00 bits per heavy atom. The molecule has 3 nitrogen and oxygen atoms in total. The first-order valence-electron chi connectivity index (χ1n) is 6.46. The van der Waals surface area contributed by atoms with Crippen LogP contribution in [-0.4, -0.2) is 18.9 Å². The summed E-state index contributed by atoms with van der Waals surface area (Å²) in [6.45, 7) is 3.35. The zero-order valence-electron chi connectivity index (χ0n) is 10.5. The molecule has 0 unspecified atom stereocenters. The lowest BCUT2D eigenvalue weighted by atomic mass is 10.2. The minimum absolute atomic E-state index is 0.0319. The third-order valence-corrected chi connectivity index (χ3v) is 3.36. The van der Waals surface area contributed by atoms with Gasteiger partial charge >= 0.3 is 0 Å². The van der Waals surface area contributed by atoms with Gasteiger partial charge < -0.3 is 9.73 Å². The molecule has 1 aliphatic rings. The van der Waals surface area contributed by atoms with Crippen LogP contribution >= 0.6 is 0 Å². The third kappa shape index (κ3) is 2.46. The lowest BCUT2D eigenvalue weighted by Gasteiger charge is -1.99. The van der Waals surface area contributed by atoms with E-state index in [0.717, 1.165) is 23.4 Å². The van der Waals surface area contributed by atoms with Gasteiger partial charge in [-0.1, -0.05) is 11.6 Å². The topological polar surface area (TPSA) is 42.2 Å². The summed E-state index contributed by atoms with van der Waals surface area (Å²) in [5.41, 5.74) is 1.96. The standard InChI is InChI=1S/C15H17NO2/c1-10-2-5-14-12(6-10)7-15(18-14)13(17)9-16-8-11-3-4-11/h2,5-7,11,16H,3-4,8-9H2,1H3. The quantitative estimate of drug-likeness (QED) is 0.821. The summed E-state index contributed by atoms with van der Waals surface area (Å²) in [4.78, 5) is 11.9. The predicted molar refractivity (Wildman–Crippen MR) is 70.9 cm³/mol. The van der Waals surface area contributed by atoms with Gasteiger partial charge in [-0.2, -0.15) is 0 Å². The lowest BCUT2D eigenvalue weighted by molar-refractivity contribution is 0.0966. The van der Waals surface area contributed by atoms with Crippen LogP contribution in [0.15, 0.2) is 28.7 Å². The molecule has 1 saturated carbocycles. The molecule has 0 atom stereocenters. The number of ketones is 1. The molecule has 1 fully saturated rings. The van der Waals surface area contributed by atoms with Crippen LogP contribution in [0.1, 0.15) is 29.0 Å². The van der Waals surface area contributed by atoms with Gasteiger partial charge in [-0.05, 0) is 50.4 Å². The van der Waals surface area contributed by atoms with Gasteiger partial charge in [0, 0.05) is 5.39 Å². The summed E-state index contributed by atoms with van der Waals surface area (Å²) >= 11 is 0. The molecular formula is C15H17NO2. The van der Waals surface area contributed by atoms with Gasteiger partial charge in [0.2, 0.25) is 5.78 Å². The maximum Gasteiger partial charge on any atom is 0.211 e. The Morgan fingerprint density at radius 1 is 1.39 bits per heavy atom. The van der Waals surface area contributed by atoms with E-state index in [0.29, 0.717) is 12.3 Å². The minimum atomic E-state index is 0.0319. The van der Waals surface area contributed by atoms with E-state index in [1.807, 2.05) is 31.2 Å². The second kappa shape index (κ2) is 4.58. The SMILES string of the molecule is Cc1ccc2oc(C(=O)CNCC3CC3)cc2c1. The molecule has 0 aliphatic heterocycles. The number of nitrogens with one attached hydrogen (secondary N) is 1. The molecule has 1 aromatic heterocycles. The molecule has 0 amide bonds. The summed E-state index contributed by atoms with van der Waals surface area (Å²) in [6.07, 6.45) is 2.59. The monoisotopic (exact) mass is 243 g/mol. The molecule has 1 aliphatic carbocycles. The van der Waals surface area contributed by atoms with E-state index in [1.54, 1.807) is 0 Å². The van der Waals surface area contributed by atoms with Crippen molar-refractivity contribution < 1.29 is 9.21 Å². The van der Waals surface area contributed by atoms with Crippen LogP contribution in [0, 0.1) is 12.8 Å². The first-order chi connectivity index (χ1) is 8.72. The molecule has 1 heterocycles. The fourth-order valence-electron chi connectivity index (χ4n) is 2.10. The van der Waals surface area contributed by atoms with Gasteiger partial charge in [-0.15, -0.1) is 0 Å². The fraction of sp³-hybridized carbons (Fsp3) is 0.400. The summed E-state index contributed by atoms with van der Waals surface area (Å²) in [7, 11) is 0. The number of aryl methyl sites for hydroxylation is 1. The maximum absolute atomic E-state index is 11.9. The van der Waals surface area contributed by atoms with E-state index in [4.69, 9.17) is 4.42 Å². The van der Waals surface area contributed by atoms with Gasteiger partial charge in [0.1, 0.15) is 5.58 Å². The summed E-state index contributed by atoms with van der Waals surface area (Å²) in [5, 5.41) is 4.19. The van der Waals surface area contributed by atoms with Gasteiger partial charge in [-0.3, -0.25) is 4.79 Å². The summed E-state index contributed by atoms with van der Waals surface area (Å²) in [5.74, 6) is 1.28. The normalized spacial score (nSPS) is 15.2. The van der Waals surface area contributed by atoms with Crippen LogP contribution in [0.25, 0.3) is 11.0 Å². The Hall–Kier alpha value is -1.61. The van der Waals surface area contributed by atoms with Gasteiger partial charge in [0.15, 0.2) is 5.76 Å². The van der Waals surface area contributed by atoms with Crippen LogP contribution in [0.3, 0.4) is 0 Å². The largest absolute Gasteiger partial charge is 0.453 e. The summed E-state index contributed by atoms with van der Waals surface area (Å²) in [6, 6.07) is 7.78. The van der Waals surface area contributed by atoms with E-state index >= 15 is 0 Å². The highest BCUT2D eigenvalue weighted by Crippen LogP contribution is 2.27. The smallest absolute Gasteiger partial charge is 0.211 e. The molecule has 3 heteroatoms. The lowest BCUT2D eigenvalue weighted by Crippen LogP contribution is -2.24. The molecule has 0 spiro atoms. The molecule has 0 radical (unpaired) electrons. The van der Waals surface area contributed by atoms with E-state index in [2.05, 4.69) is 5.32 Å². The average molecular weight is 243 g/mol. The Morgan fingerprint density at radius 2 is 2.22 bits per heavy atom. The molecule has 1 aromatic carbocycles. The van der Waals surface area contributed by atoms with Crippen molar-refractivity contribution in [3.8, 4) is 0 Å². The number of carbonyl (C=O) groups excluding carboxylic acids is 1. The van der Waals surface area contributed by atoms with Gasteiger partial charge in [0.25, 0.3) is 0 Å². The van der Waals surface area contributed by atoms with Crippen molar-refractivity contribution in [2.75, 3.05) is 13.1 Å². The first kappa shape index (κ1) is 11.5. The average Bonchev–Trinajstić information content (AvgIpc) is 3.06. The maximum atomic E-state index is 11.9. The number of rotatable bonds is 5. The molecule has 0 bridgehead atoms. The number of furan rings is 1. The second-order valence-electron chi connectivity index (χ2n) is 5.15. The zero-order valence-corrected chi connectivity index (χ0v) is 10.5. The molecule has 18 heavy (non-hydrogen) atoms. The Kier molecular flexibility index (Phi) is 2.92. The first-order valence-corrected chi connectivity index (χ1v) is 6.46. The van der Waals surface area contributed by atoms with Crippen LogP contribution < -0.4 is 5.32 Å². The zero-order chi connectivity index (χ0) is 12.5. The van der Waals surface area contributed by atoms with Crippen molar-refractivity contribution in [2.45, 2.75) is 19.8 Å². The van der Waals surface area contributed by atoms with Crippen LogP contribution in [0.2, 0.25) is 0 Å². The number of fused-ring (bicyclic) bond motifs is 1. The Labute approximate surface area is 106 Å². The van der Waals surface area contributed by atoms with E-state index in [9.17, 15) is 4.79 Å². The van der Waals surface area contributed by atoms with Crippen molar-refractivity contribution in [1.82, 2.24) is 5.32 Å². The van der Waals surface area contributed by atoms with Gasteiger partial charge in [-0.25, -0.2) is 0 Å². The third-order valence-electron chi connectivity index (χ3n) is 3.36. The molecular weight excluding hydrogens is 226 g/mol. The number of benzene rings is 1. The van der Waals surface area contributed by atoms with Crippen LogP contribution in [0.4, 0.5) is 0 Å². The van der Waals surface area contributed by atoms with Crippen LogP contribution in [0.5, 0.6) is 0 Å². The summed E-state index contributed by atoms with van der Waals surface area (Å²) < 4.78 is 5.57. The highest BCUT2D eigenvalue weighted by Gasteiger charge is 2.21. The van der Waals surface area contributed by atoms with Crippen molar-refractivity contribution in [1.29, 1.82) is 0 Å². The molecule has 2 aromatic rings. The van der Waals surface area contributed by atoms with E-state index in [1.165, 1.54) is 18.4 Å². The minimum Gasteiger partial charge on any atom is -0.453 e. The van der Waals surface area contributed by atoms with E-state index < -0.39 is 0 Å².